The number of alkyl carbamates (subject to hydrolysis) is 1. The van der Waals surface area contributed by atoms with Gasteiger partial charge in [0.25, 0.3) is 0 Å². The third-order valence-corrected chi connectivity index (χ3v) is 5.45. The normalized spacial score (nSPS) is 20.0. The average Bonchev–Trinajstić information content (AvgIpc) is 3.51. The standard InChI is InChI=1S/C21H22F4N8O3/c1-10(2)28-20(34)36-15-4-3-13(17(15)22)14-5-16(32-31-14)30-19-27-7-11(6-26)18-29-12(8-33(18)19)9-35-21(23,24)25/h5,7-8,10,13,15,17H,3-4,9H2,1-2H3,(H,28,34)(H2,27,30,31,32)/t13-,15-,17-/m0/s1. The van der Waals surface area contributed by atoms with Gasteiger partial charge in [-0.25, -0.2) is 19.2 Å². The van der Waals surface area contributed by atoms with Crippen LogP contribution in [0.15, 0.2) is 18.5 Å². The van der Waals surface area contributed by atoms with Crippen molar-refractivity contribution in [2.24, 2.45) is 0 Å². The van der Waals surface area contributed by atoms with E-state index in [0.717, 1.165) is 0 Å². The van der Waals surface area contributed by atoms with Gasteiger partial charge >= 0.3 is 12.5 Å². The van der Waals surface area contributed by atoms with Crippen LogP contribution in [0.2, 0.25) is 0 Å². The molecule has 1 amide bonds. The summed E-state index contributed by atoms with van der Waals surface area (Å²) in [4.78, 5) is 20.0. The molecule has 0 bridgehead atoms. The van der Waals surface area contributed by atoms with Crippen LogP contribution >= 0.6 is 0 Å². The first kappa shape index (κ1) is 25.2. The number of alkyl halides is 4. The second-order valence-corrected chi connectivity index (χ2v) is 8.47. The molecule has 3 heterocycles. The molecule has 192 valence electrons. The molecule has 0 unspecified atom stereocenters. The second kappa shape index (κ2) is 9.97. The summed E-state index contributed by atoms with van der Waals surface area (Å²) in [5.74, 6) is -0.222. The molecule has 11 nitrogen and oxygen atoms in total. The Labute approximate surface area is 201 Å². The van der Waals surface area contributed by atoms with Gasteiger partial charge in [-0.2, -0.15) is 10.4 Å². The minimum absolute atomic E-state index is 0.0419. The zero-order valence-corrected chi connectivity index (χ0v) is 19.1. The smallest absolute Gasteiger partial charge is 0.443 e. The van der Waals surface area contributed by atoms with E-state index in [2.05, 4.69) is 35.5 Å². The average molecular weight is 510 g/mol. The third kappa shape index (κ3) is 5.65. The van der Waals surface area contributed by atoms with Crippen LogP contribution in [-0.4, -0.2) is 55.3 Å². The number of nitriles is 1. The van der Waals surface area contributed by atoms with Crippen LogP contribution < -0.4 is 10.6 Å². The van der Waals surface area contributed by atoms with Gasteiger partial charge < -0.3 is 15.4 Å². The van der Waals surface area contributed by atoms with Crippen molar-refractivity contribution in [3.05, 3.63) is 35.4 Å². The van der Waals surface area contributed by atoms with E-state index in [1.165, 1.54) is 16.8 Å². The zero-order chi connectivity index (χ0) is 26.0. The lowest BCUT2D eigenvalue weighted by Gasteiger charge is -2.18. The van der Waals surface area contributed by atoms with Gasteiger partial charge in [0.15, 0.2) is 11.5 Å². The van der Waals surface area contributed by atoms with Crippen molar-refractivity contribution in [1.82, 2.24) is 29.9 Å². The number of halogens is 4. The van der Waals surface area contributed by atoms with Crippen LogP contribution in [-0.2, 0) is 16.1 Å². The lowest BCUT2D eigenvalue weighted by atomic mass is 10.0. The fourth-order valence-corrected chi connectivity index (χ4v) is 3.91. The van der Waals surface area contributed by atoms with E-state index < -0.39 is 37.3 Å². The minimum atomic E-state index is -4.84. The quantitative estimate of drug-likeness (QED) is 0.407. The highest BCUT2D eigenvalue weighted by molar-refractivity contribution is 5.67. The van der Waals surface area contributed by atoms with Gasteiger partial charge in [-0.15, -0.1) is 13.2 Å². The number of aromatic nitrogens is 5. The molecule has 0 saturated heterocycles. The van der Waals surface area contributed by atoms with E-state index in [1.807, 2.05) is 6.07 Å². The van der Waals surface area contributed by atoms with E-state index in [0.29, 0.717) is 18.5 Å². The Bertz CT molecular complexity index is 1280. The van der Waals surface area contributed by atoms with Crippen molar-refractivity contribution in [3.63, 3.8) is 0 Å². The highest BCUT2D eigenvalue weighted by atomic mass is 19.4. The largest absolute Gasteiger partial charge is 0.522 e. The first-order chi connectivity index (χ1) is 17.0. The number of aromatic amines is 1. The second-order valence-electron chi connectivity index (χ2n) is 8.47. The molecule has 0 spiro atoms. The highest BCUT2D eigenvalue weighted by Gasteiger charge is 2.41. The van der Waals surface area contributed by atoms with Crippen molar-refractivity contribution < 1.29 is 31.8 Å². The van der Waals surface area contributed by atoms with Crippen molar-refractivity contribution >= 4 is 23.5 Å². The van der Waals surface area contributed by atoms with Gasteiger partial charge in [0, 0.05) is 29.9 Å². The number of hydrogen-bond acceptors (Lipinski definition) is 8. The minimum Gasteiger partial charge on any atom is -0.443 e. The number of rotatable bonds is 7. The molecule has 0 radical (unpaired) electrons. The molecule has 1 fully saturated rings. The summed E-state index contributed by atoms with van der Waals surface area (Å²) in [7, 11) is 0. The first-order valence-electron chi connectivity index (χ1n) is 11.0. The molecule has 36 heavy (non-hydrogen) atoms. The van der Waals surface area contributed by atoms with Crippen LogP contribution in [0.25, 0.3) is 5.65 Å². The van der Waals surface area contributed by atoms with E-state index >= 15 is 4.39 Å². The summed E-state index contributed by atoms with van der Waals surface area (Å²) in [6.45, 7) is 2.68. The number of nitrogens with zero attached hydrogens (tertiary/aromatic N) is 5. The Kier molecular flexibility index (Phi) is 6.97. The highest BCUT2D eigenvalue weighted by Crippen LogP contribution is 2.38. The Morgan fingerprint density at radius 2 is 2.17 bits per heavy atom. The Morgan fingerprint density at radius 1 is 1.39 bits per heavy atom. The molecular weight excluding hydrogens is 488 g/mol. The van der Waals surface area contributed by atoms with Crippen LogP contribution in [0.3, 0.4) is 0 Å². The maximum Gasteiger partial charge on any atom is 0.522 e. The fourth-order valence-electron chi connectivity index (χ4n) is 3.91. The summed E-state index contributed by atoms with van der Waals surface area (Å²) < 4.78 is 62.5. The van der Waals surface area contributed by atoms with Gasteiger partial charge in [0.05, 0.1) is 18.5 Å². The van der Waals surface area contributed by atoms with Crippen molar-refractivity contribution in [1.29, 1.82) is 5.26 Å². The predicted molar refractivity (Wildman–Crippen MR) is 116 cm³/mol. The molecule has 0 aromatic carbocycles. The summed E-state index contributed by atoms with van der Waals surface area (Å²) in [5.41, 5.74) is 0.516. The maximum absolute atomic E-state index is 15.0. The van der Waals surface area contributed by atoms with Gasteiger partial charge in [-0.05, 0) is 26.7 Å². The van der Waals surface area contributed by atoms with Crippen LogP contribution in [0.4, 0.5) is 34.1 Å². The molecule has 3 aromatic heterocycles. The fraction of sp³-hybridized carbons (Fsp3) is 0.476. The van der Waals surface area contributed by atoms with Crippen molar-refractivity contribution in [3.8, 4) is 6.07 Å². The molecule has 4 rings (SSSR count). The number of nitrogens with one attached hydrogen (secondary N) is 3. The molecule has 0 aliphatic heterocycles. The zero-order valence-electron chi connectivity index (χ0n) is 19.1. The number of carbonyl (C=O) groups excluding carboxylic acids is 1. The lowest BCUT2D eigenvalue weighted by Crippen LogP contribution is -2.36. The van der Waals surface area contributed by atoms with Crippen LogP contribution in [0.5, 0.6) is 0 Å². The molecular formula is C21H22F4N8O3. The summed E-state index contributed by atoms with van der Waals surface area (Å²) in [6, 6.07) is 3.30. The van der Waals surface area contributed by atoms with Crippen molar-refractivity contribution in [2.75, 3.05) is 5.32 Å². The number of amides is 1. The van der Waals surface area contributed by atoms with Crippen molar-refractivity contribution in [2.45, 2.75) is 63.9 Å². The van der Waals surface area contributed by atoms with Gasteiger partial charge in [0.1, 0.15) is 23.9 Å². The van der Waals surface area contributed by atoms with Crippen LogP contribution in [0, 0.1) is 11.3 Å². The number of fused-ring (bicyclic) bond motifs is 1. The molecule has 3 N–H and O–H groups in total. The summed E-state index contributed by atoms with van der Waals surface area (Å²) in [5, 5.41) is 21.6. The van der Waals surface area contributed by atoms with E-state index in [9.17, 15) is 23.2 Å². The van der Waals surface area contributed by atoms with E-state index in [1.54, 1.807) is 19.9 Å². The van der Waals surface area contributed by atoms with Gasteiger partial charge in [0.2, 0.25) is 5.95 Å². The molecule has 3 atom stereocenters. The van der Waals surface area contributed by atoms with Gasteiger partial charge in [-0.3, -0.25) is 14.2 Å². The topological polar surface area (TPSA) is 142 Å². The van der Waals surface area contributed by atoms with E-state index in [-0.39, 0.29) is 34.7 Å². The molecule has 1 aliphatic rings. The van der Waals surface area contributed by atoms with Gasteiger partial charge in [-0.1, -0.05) is 0 Å². The number of ether oxygens (including phenoxy) is 2. The Morgan fingerprint density at radius 3 is 2.86 bits per heavy atom. The number of anilines is 2. The molecule has 15 heteroatoms. The summed E-state index contributed by atoms with van der Waals surface area (Å²) >= 11 is 0. The number of carbonyl (C=O) groups is 1. The molecule has 1 saturated carbocycles. The predicted octanol–water partition coefficient (Wildman–Crippen LogP) is 3.82. The summed E-state index contributed by atoms with van der Waals surface area (Å²) in [6.07, 6.45) is -4.62. The van der Waals surface area contributed by atoms with Crippen LogP contribution in [0.1, 0.15) is 49.6 Å². The number of hydrogen-bond donors (Lipinski definition) is 3. The first-order valence-corrected chi connectivity index (χ1v) is 11.0. The molecule has 3 aromatic rings. The Hall–Kier alpha value is -3.93. The van der Waals surface area contributed by atoms with E-state index in [4.69, 9.17) is 4.74 Å². The number of imidazole rings is 1. The SMILES string of the molecule is CC(C)NC(=O)O[C@H]1CC[C@@H](c2cc(Nc3ncc(C#N)c4nc(COC(F)(F)F)cn34)n[nH]2)[C@@H]1F. The Balaban J connectivity index is 1.49. The lowest BCUT2D eigenvalue weighted by molar-refractivity contribution is -0.330. The monoisotopic (exact) mass is 510 g/mol. The third-order valence-electron chi connectivity index (χ3n) is 5.45. The number of H-pyrrole nitrogens is 1. The maximum atomic E-state index is 15.0. The molecule has 1 aliphatic carbocycles.